The average Bonchev–Trinajstić information content (AvgIpc) is 2.93. The number of rotatable bonds is 2. The quantitative estimate of drug-likeness (QED) is 0.797. The number of piperazine rings is 1. The van der Waals surface area contributed by atoms with Crippen molar-refractivity contribution in [1.82, 2.24) is 14.9 Å². The maximum absolute atomic E-state index is 4.79. The van der Waals surface area contributed by atoms with E-state index in [4.69, 9.17) is 4.98 Å². The molecule has 0 saturated carbocycles. The zero-order valence-corrected chi connectivity index (χ0v) is 12.0. The molecule has 5 nitrogen and oxygen atoms in total. The topological polar surface area (TPSA) is 35.5 Å². The van der Waals surface area contributed by atoms with Crippen molar-refractivity contribution in [1.29, 1.82) is 0 Å². The smallest absolute Gasteiger partial charge is 0.227 e. The summed E-state index contributed by atoms with van der Waals surface area (Å²) in [5.74, 6) is 2.02. The van der Waals surface area contributed by atoms with E-state index in [9.17, 15) is 0 Å². The Morgan fingerprint density at radius 3 is 2.26 bits per heavy atom. The Kier molecular flexibility index (Phi) is 3.55. The summed E-state index contributed by atoms with van der Waals surface area (Å²) in [5, 5.41) is 0. The van der Waals surface area contributed by atoms with E-state index in [2.05, 4.69) is 39.7 Å². The van der Waals surface area contributed by atoms with Gasteiger partial charge < -0.3 is 14.7 Å². The zero-order valence-electron chi connectivity index (χ0n) is 12.0. The van der Waals surface area contributed by atoms with Gasteiger partial charge in [0, 0.05) is 51.0 Å². The van der Waals surface area contributed by atoms with Gasteiger partial charge in [-0.2, -0.15) is 4.98 Å². The van der Waals surface area contributed by atoms with Gasteiger partial charge in [0.2, 0.25) is 5.95 Å². The van der Waals surface area contributed by atoms with Crippen LogP contribution in [0.25, 0.3) is 0 Å². The van der Waals surface area contributed by atoms with Gasteiger partial charge in [-0.25, -0.2) is 4.98 Å². The summed E-state index contributed by atoms with van der Waals surface area (Å²) < 4.78 is 0. The van der Waals surface area contributed by atoms with Crippen molar-refractivity contribution in [3.8, 4) is 0 Å². The SMILES string of the molecule is Cc1cc(N2CCCC2)nc(N2CCN(C)CC2)n1. The fourth-order valence-corrected chi connectivity index (χ4v) is 2.79. The second-order valence-electron chi connectivity index (χ2n) is 5.65. The standard InChI is InChI=1S/C14H23N5/c1-12-11-13(18-5-3-4-6-18)16-14(15-12)19-9-7-17(2)8-10-19/h11H,3-10H2,1-2H3. The molecule has 1 aromatic rings. The van der Waals surface area contributed by atoms with E-state index in [1.165, 1.54) is 12.8 Å². The van der Waals surface area contributed by atoms with Crippen LogP contribution in [0.1, 0.15) is 18.5 Å². The zero-order chi connectivity index (χ0) is 13.2. The normalized spacial score (nSPS) is 21.2. The van der Waals surface area contributed by atoms with Crippen LogP contribution in [0.4, 0.5) is 11.8 Å². The molecule has 5 heteroatoms. The van der Waals surface area contributed by atoms with Crippen LogP contribution in [-0.2, 0) is 0 Å². The van der Waals surface area contributed by atoms with Crippen LogP contribution < -0.4 is 9.80 Å². The highest BCUT2D eigenvalue weighted by Crippen LogP contribution is 2.21. The minimum atomic E-state index is 0.912. The second kappa shape index (κ2) is 5.33. The molecule has 0 bridgehead atoms. The van der Waals surface area contributed by atoms with Crippen molar-refractivity contribution in [2.24, 2.45) is 0 Å². The van der Waals surface area contributed by atoms with Crippen LogP contribution >= 0.6 is 0 Å². The van der Waals surface area contributed by atoms with E-state index in [1.54, 1.807) is 0 Å². The highest BCUT2D eigenvalue weighted by Gasteiger charge is 2.20. The maximum atomic E-state index is 4.79. The first kappa shape index (κ1) is 12.7. The first-order valence-corrected chi connectivity index (χ1v) is 7.26. The summed E-state index contributed by atoms with van der Waals surface area (Å²) in [6.45, 7) is 8.59. The Bertz CT molecular complexity index is 433. The van der Waals surface area contributed by atoms with Crippen LogP contribution in [0.15, 0.2) is 6.07 Å². The largest absolute Gasteiger partial charge is 0.356 e. The van der Waals surface area contributed by atoms with E-state index in [0.29, 0.717) is 0 Å². The monoisotopic (exact) mass is 261 g/mol. The van der Waals surface area contributed by atoms with Crippen molar-refractivity contribution < 1.29 is 0 Å². The summed E-state index contributed by atoms with van der Waals surface area (Å²) in [7, 11) is 2.17. The maximum Gasteiger partial charge on any atom is 0.227 e. The molecule has 2 fully saturated rings. The highest BCUT2D eigenvalue weighted by atomic mass is 15.3. The van der Waals surface area contributed by atoms with Crippen LogP contribution in [0.2, 0.25) is 0 Å². The van der Waals surface area contributed by atoms with Gasteiger partial charge in [-0.1, -0.05) is 0 Å². The van der Waals surface area contributed by atoms with E-state index in [0.717, 1.165) is 56.7 Å². The Balaban J connectivity index is 1.80. The van der Waals surface area contributed by atoms with Gasteiger partial charge in [-0.3, -0.25) is 0 Å². The molecule has 3 heterocycles. The van der Waals surface area contributed by atoms with Crippen molar-refractivity contribution in [2.45, 2.75) is 19.8 Å². The fraction of sp³-hybridized carbons (Fsp3) is 0.714. The van der Waals surface area contributed by atoms with E-state index in [-0.39, 0.29) is 0 Å². The minimum Gasteiger partial charge on any atom is -0.356 e. The highest BCUT2D eigenvalue weighted by molar-refractivity contribution is 5.46. The van der Waals surface area contributed by atoms with E-state index >= 15 is 0 Å². The molecule has 0 aliphatic carbocycles. The lowest BCUT2D eigenvalue weighted by atomic mass is 10.3. The van der Waals surface area contributed by atoms with Gasteiger partial charge >= 0.3 is 0 Å². The second-order valence-corrected chi connectivity index (χ2v) is 5.65. The molecular formula is C14H23N5. The predicted octanol–water partition coefficient (Wildman–Crippen LogP) is 1.14. The third kappa shape index (κ3) is 2.81. The van der Waals surface area contributed by atoms with Crippen molar-refractivity contribution in [3.63, 3.8) is 0 Å². The third-order valence-electron chi connectivity index (χ3n) is 4.05. The number of anilines is 2. The minimum absolute atomic E-state index is 0.912. The lowest BCUT2D eigenvalue weighted by Crippen LogP contribution is -2.45. The van der Waals surface area contributed by atoms with Gasteiger partial charge in [-0.15, -0.1) is 0 Å². The van der Waals surface area contributed by atoms with Gasteiger partial charge in [0.25, 0.3) is 0 Å². The molecule has 2 aliphatic rings. The van der Waals surface area contributed by atoms with Crippen molar-refractivity contribution in [3.05, 3.63) is 11.8 Å². The molecule has 2 saturated heterocycles. The number of nitrogens with zero attached hydrogens (tertiary/aromatic N) is 5. The molecular weight excluding hydrogens is 238 g/mol. The summed E-state index contributed by atoms with van der Waals surface area (Å²) in [6.07, 6.45) is 2.57. The summed E-state index contributed by atoms with van der Waals surface area (Å²) in [5.41, 5.74) is 1.07. The number of aryl methyl sites for hydroxylation is 1. The Labute approximate surface area is 115 Å². The molecule has 0 N–H and O–H groups in total. The molecule has 0 aromatic carbocycles. The van der Waals surface area contributed by atoms with Gasteiger partial charge in [-0.05, 0) is 26.8 Å². The molecule has 0 unspecified atom stereocenters. The molecule has 0 spiro atoms. The average molecular weight is 261 g/mol. The molecule has 19 heavy (non-hydrogen) atoms. The van der Waals surface area contributed by atoms with Gasteiger partial charge in [0.05, 0.1) is 0 Å². The number of hydrogen-bond donors (Lipinski definition) is 0. The Morgan fingerprint density at radius 2 is 1.58 bits per heavy atom. The van der Waals surface area contributed by atoms with Gasteiger partial charge in [0.15, 0.2) is 0 Å². The number of aromatic nitrogens is 2. The molecule has 1 aromatic heterocycles. The van der Waals surface area contributed by atoms with Crippen molar-refractivity contribution in [2.75, 3.05) is 56.1 Å². The third-order valence-corrected chi connectivity index (χ3v) is 4.05. The molecule has 2 aliphatic heterocycles. The summed E-state index contributed by atoms with van der Waals surface area (Å²) >= 11 is 0. The number of likely N-dealkylation sites (N-methyl/N-ethyl adjacent to an activating group) is 1. The Morgan fingerprint density at radius 1 is 0.895 bits per heavy atom. The summed E-state index contributed by atoms with van der Waals surface area (Å²) in [6, 6.07) is 2.12. The van der Waals surface area contributed by atoms with Crippen molar-refractivity contribution >= 4 is 11.8 Å². The first-order valence-electron chi connectivity index (χ1n) is 7.26. The Hall–Kier alpha value is -1.36. The van der Waals surface area contributed by atoms with Crippen LogP contribution in [0.5, 0.6) is 0 Å². The molecule has 0 amide bonds. The predicted molar refractivity (Wildman–Crippen MR) is 77.9 cm³/mol. The molecule has 0 atom stereocenters. The molecule has 0 radical (unpaired) electrons. The first-order chi connectivity index (χ1) is 9.22. The number of hydrogen-bond acceptors (Lipinski definition) is 5. The lowest BCUT2D eigenvalue weighted by Gasteiger charge is -2.33. The molecule has 3 rings (SSSR count). The molecule has 104 valence electrons. The van der Waals surface area contributed by atoms with E-state index in [1.807, 2.05) is 0 Å². The summed E-state index contributed by atoms with van der Waals surface area (Å²) in [4.78, 5) is 16.5. The van der Waals surface area contributed by atoms with E-state index < -0.39 is 0 Å². The van der Waals surface area contributed by atoms with Gasteiger partial charge in [0.1, 0.15) is 5.82 Å². The van der Waals surface area contributed by atoms with Crippen LogP contribution in [0, 0.1) is 6.92 Å². The lowest BCUT2D eigenvalue weighted by molar-refractivity contribution is 0.311. The van der Waals surface area contributed by atoms with Crippen LogP contribution in [-0.4, -0.2) is 61.2 Å². The van der Waals surface area contributed by atoms with Crippen LogP contribution in [0.3, 0.4) is 0 Å². The fourth-order valence-electron chi connectivity index (χ4n) is 2.79.